The van der Waals surface area contributed by atoms with Crippen LogP contribution < -0.4 is 0 Å². The number of halogens is 1. The van der Waals surface area contributed by atoms with Gasteiger partial charge in [0.05, 0.1) is 0 Å². The number of rotatable bonds is 8. The lowest BCUT2D eigenvalue weighted by Crippen LogP contribution is -1.75. The highest BCUT2D eigenvalue weighted by Gasteiger charge is 1.87. The van der Waals surface area contributed by atoms with Crippen molar-refractivity contribution in [3.05, 3.63) is 24.3 Å². The van der Waals surface area contributed by atoms with E-state index in [1.165, 1.54) is 36.7 Å². The van der Waals surface area contributed by atoms with Crippen molar-refractivity contribution in [1.29, 1.82) is 0 Å². The van der Waals surface area contributed by atoms with E-state index in [4.69, 9.17) is 9.07 Å². The highest BCUT2D eigenvalue weighted by atomic mass is 35.5. The van der Waals surface area contributed by atoms with Crippen molar-refractivity contribution in [3.63, 3.8) is 0 Å². The molecule has 0 fully saturated rings. The van der Waals surface area contributed by atoms with E-state index >= 15 is 0 Å². The molecule has 0 atom stereocenters. The minimum Gasteiger partial charge on any atom is -0.346 e. The normalized spacial score (nSPS) is 11.2. The van der Waals surface area contributed by atoms with E-state index in [0.29, 0.717) is 0 Å². The van der Waals surface area contributed by atoms with Crippen LogP contribution in [0.5, 0.6) is 0 Å². The molecule has 0 saturated carbocycles. The van der Waals surface area contributed by atoms with Gasteiger partial charge in [0.2, 0.25) is 0 Å². The van der Waals surface area contributed by atoms with Gasteiger partial charge in [0.15, 0.2) is 0 Å². The number of allylic oxidation sites excluding steroid dienone is 4. The number of unbranched alkanes of at least 4 members (excludes halogenated alkanes) is 3. The van der Waals surface area contributed by atoms with Crippen molar-refractivity contribution < 1.29 is 0 Å². The summed E-state index contributed by atoms with van der Waals surface area (Å²) in [5.41, 5.74) is 0. The number of hydrogen-bond donors (Lipinski definition) is 0. The molecule has 0 rings (SSSR count). The molecule has 0 aromatic heterocycles. The highest BCUT2D eigenvalue weighted by molar-refractivity contribution is 6.93. The molecule has 0 radical (unpaired) electrons. The van der Waals surface area contributed by atoms with E-state index in [-0.39, 0.29) is 19.3 Å². The zero-order chi connectivity index (χ0) is 9.78. The molecule has 13 heavy (non-hydrogen) atoms. The Bertz CT molecular complexity index is 141. The summed E-state index contributed by atoms with van der Waals surface area (Å²) in [6.07, 6.45) is 15.1. The second-order valence-corrected chi connectivity index (χ2v) is 5.40. The molecule has 0 aromatic rings. The fourth-order valence-electron chi connectivity index (χ4n) is 1.03. The summed E-state index contributed by atoms with van der Waals surface area (Å²) in [4.78, 5) is 0. The average molecular weight is 211 g/mol. The van der Waals surface area contributed by atoms with Crippen molar-refractivity contribution in [2.45, 2.75) is 43.6 Å². The van der Waals surface area contributed by atoms with Gasteiger partial charge in [-0.2, -0.15) is 0 Å². The van der Waals surface area contributed by atoms with Gasteiger partial charge in [0, 0.05) is 0 Å². The summed E-state index contributed by atoms with van der Waals surface area (Å²) in [7, 11) is 5.70. The Morgan fingerprint density at radius 1 is 1.08 bits per heavy atom. The third kappa shape index (κ3) is 12.5. The summed E-state index contributed by atoms with van der Waals surface area (Å²) in [6.45, 7) is 2.22. The van der Waals surface area contributed by atoms with Crippen LogP contribution in [0.15, 0.2) is 24.3 Å². The second kappa shape index (κ2) is 12.5. The summed E-state index contributed by atoms with van der Waals surface area (Å²) in [5, 5.41) is 0. The number of hydrogen-bond acceptors (Lipinski definition) is 0. The first-order chi connectivity index (χ1) is 6.41. The molecular formula is C11H19ClMg. The highest BCUT2D eigenvalue weighted by Crippen LogP contribution is 1.99. The predicted octanol–water partition coefficient (Wildman–Crippen LogP) is 4.35. The molecule has 0 unspecified atom stereocenters. The zero-order valence-electron chi connectivity index (χ0n) is 8.64. The lowest BCUT2D eigenvalue weighted by molar-refractivity contribution is 0.815. The Balaban J connectivity index is 3.15. The van der Waals surface area contributed by atoms with Gasteiger partial charge in [-0.05, 0) is 12.8 Å². The topological polar surface area (TPSA) is 0 Å². The fourth-order valence-corrected chi connectivity index (χ4v) is 2.07. The molecular weight excluding hydrogens is 192 g/mol. The van der Waals surface area contributed by atoms with Crippen LogP contribution in [0.25, 0.3) is 0 Å². The van der Waals surface area contributed by atoms with E-state index in [9.17, 15) is 0 Å². The molecule has 0 N–H and O–H groups in total. The van der Waals surface area contributed by atoms with Gasteiger partial charge in [-0.15, -0.1) is 4.55 Å². The Morgan fingerprint density at radius 3 is 2.23 bits per heavy atom. The van der Waals surface area contributed by atoms with Gasteiger partial charge in [-0.25, -0.2) is 0 Å². The van der Waals surface area contributed by atoms with Crippen molar-refractivity contribution in [1.82, 2.24) is 0 Å². The van der Waals surface area contributed by atoms with Crippen LogP contribution in [0.2, 0.25) is 4.55 Å². The van der Waals surface area contributed by atoms with E-state index < -0.39 is 0 Å². The average Bonchev–Trinajstić information content (AvgIpc) is 2.16. The van der Waals surface area contributed by atoms with Crippen LogP contribution in [0.3, 0.4) is 0 Å². The maximum absolute atomic E-state index is 5.70. The summed E-state index contributed by atoms with van der Waals surface area (Å²) in [6, 6.07) is 0. The molecule has 0 heterocycles. The lowest BCUT2D eigenvalue weighted by atomic mass is 10.2. The minimum atomic E-state index is -0.216. The first kappa shape index (κ1) is 13.5. The minimum absolute atomic E-state index is 0.216. The smallest absolute Gasteiger partial charge is 0.346 e. The third-order valence-electron chi connectivity index (χ3n) is 1.86. The molecule has 0 amide bonds. The van der Waals surface area contributed by atoms with Gasteiger partial charge < -0.3 is 9.07 Å². The van der Waals surface area contributed by atoms with Crippen LogP contribution in [0.4, 0.5) is 0 Å². The monoisotopic (exact) mass is 210 g/mol. The summed E-state index contributed by atoms with van der Waals surface area (Å²) in [5.74, 6) is 0. The van der Waals surface area contributed by atoms with Crippen molar-refractivity contribution in [2.75, 3.05) is 0 Å². The molecule has 0 bridgehead atoms. The quantitative estimate of drug-likeness (QED) is 0.318. The molecule has 0 spiro atoms. The Labute approximate surface area is 95.9 Å². The van der Waals surface area contributed by atoms with Crippen molar-refractivity contribution in [2.24, 2.45) is 0 Å². The molecule has 2 heteroatoms. The van der Waals surface area contributed by atoms with Gasteiger partial charge in [0.1, 0.15) is 0 Å². The zero-order valence-corrected chi connectivity index (χ0v) is 10.8. The van der Waals surface area contributed by atoms with Gasteiger partial charge in [0.25, 0.3) is 0 Å². The van der Waals surface area contributed by atoms with Crippen LogP contribution in [-0.4, -0.2) is 19.3 Å². The van der Waals surface area contributed by atoms with Crippen LogP contribution in [0, 0.1) is 0 Å². The van der Waals surface area contributed by atoms with Crippen LogP contribution in [0.1, 0.15) is 39.0 Å². The maximum Gasteiger partial charge on any atom is 0.501 e. The fraction of sp³-hybridized carbons (Fsp3) is 0.636. The lowest BCUT2D eigenvalue weighted by Gasteiger charge is -1.88. The molecule has 0 aliphatic carbocycles. The van der Waals surface area contributed by atoms with Gasteiger partial charge >= 0.3 is 19.3 Å². The Morgan fingerprint density at radius 2 is 1.69 bits per heavy atom. The Hall–Kier alpha value is 0.536. The van der Waals surface area contributed by atoms with E-state index in [1.54, 1.807) is 0 Å². The predicted molar refractivity (Wildman–Crippen MR) is 63.5 cm³/mol. The van der Waals surface area contributed by atoms with Crippen molar-refractivity contribution >= 4 is 28.3 Å². The second-order valence-electron chi connectivity index (χ2n) is 3.18. The van der Waals surface area contributed by atoms with E-state index in [1.807, 2.05) is 0 Å². The molecule has 0 aliphatic heterocycles. The summed E-state index contributed by atoms with van der Waals surface area (Å²) < 4.78 is 1.27. The van der Waals surface area contributed by atoms with E-state index in [2.05, 4.69) is 31.2 Å². The van der Waals surface area contributed by atoms with E-state index in [0.717, 1.165) is 0 Å². The molecule has 72 valence electrons. The standard InChI is InChI=1S/C11H19.ClH.Mg/c1-3-5-7-9-11-10-8-6-4-2;;/h7,9-11H,1,3-6,8H2,2H3;1H;/q;;+1/p-1/b9-7+,11-10-;;. The van der Waals surface area contributed by atoms with Crippen LogP contribution >= 0.6 is 9.07 Å². The molecule has 0 nitrogen and oxygen atoms in total. The van der Waals surface area contributed by atoms with Gasteiger partial charge in [-0.1, -0.05) is 50.5 Å². The summed E-state index contributed by atoms with van der Waals surface area (Å²) >= 11 is -0.216. The largest absolute Gasteiger partial charge is 0.501 e. The molecule has 0 aliphatic rings. The first-order valence-electron chi connectivity index (χ1n) is 5.29. The van der Waals surface area contributed by atoms with Crippen LogP contribution in [-0.2, 0) is 0 Å². The van der Waals surface area contributed by atoms with Gasteiger partial charge in [-0.3, -0.25) is 0 Å². The van der Waals surface area contributed by atoms with Crippen molar-refractivity contribution in [3.8, 4) is 0 Å². The third-order valence-corrected chi connectivity index (χ3v) is 3.43. The molecule has 0 saturated heterocycles. The SMILES string of the molecule is CCCC/C=C\C=C\CC[CH2][Mg][Cl]. The Kier molecular flexibility index (Phi) is 13.1. The first-order valence-corrected chi connectivity index (χ1v) is 8.43. The maximum atomic E-state index is 5.70. The molecule has 0 aromatic carbocycles.